The molecule has 0 amide bonds. The maximum atomic E-state index is 3.87. The molecule has 5 unspecified atom stereocenters. The quantitative estimate of drug-likeness (QED) is 0.837. The number of nitrogens with zero attached hydrogens (tertiary/aromatic N) is 1. The first-order valence-corrected chi connectivity index (χ1v) is 9.30. The molecule has 0 bridgehead atoms. The van der Waals surface area contributed by atoms with E-state index in [0.717, 1.165) is 23.8 Å². The molecule has 124 valence electrons. The van der Waals surface area contributed by atoms with Crippen molar-refractivity contribution in [1.29, 1.82) is 0 Å². The van der Waals surface area contributed by atoms with E-state index >= 15 is 0 Å². The molecule has 0 aromatic heterocycles. The average Bonchev–Trinajstić information content (AvgIpc) is 2.84. The molecule has 0 radical (unpaired) electrons. The molecule has 2 aliphatic rings. The van der Waals surface area contributed by atoms with Gasteiger partial charge in [-0.3, -0.25) is 4.90 Å². The second-order valence-corrected chi connectivity index (χ2v) is 8.95. The summed E-state index contributed by atoms with van der Waals surface area (Å²) in [4.78, 5) is 2.83. The maximum absolute atomic E-state index is 3.87. The highest BCUT2D eigenvalue weighted by Gasteiger charge is 2.41. The average molecular weight is 295 g/mol. The molecular weight excluding hydrogens is 256 g/mol. The number of nitrogens with one attached hydrogen (secondary N) is 1. The first-order chi connectivity index (χ1) is 9.82. The van der Waals surface area contributed by atoms with Crippen molar-refractivity contribution in [2.75, 3.05) is 19.6 Å². The summed E-state index contributed by atoms with van der Waals surface area (Å²) in [6.45, 7) is 18.3. The van der Waals surface area contributed by atoms with Crippen molar-refractivity contribution in [3.05, 3.63) is 0 Å². The molecule has 0 aromatic rings. The van der Waals surface area contributed by atoms with Gasteiger partial charge in [0, 0.05) is 18.6 Å². The SMILES string of the molecule is CCCNC1CC(C)CC(C)C1N1CCC(C(C)(C)C)C1. The number of rotatable bonds is 4. The van der Waals surface area contributed by atoms with Crippen molar-refractivity contribution >= 4 is 0 Å². The van der Waals surface area contributed by atoms with E-state index in [2.05, 4.69) is 51.8 Å². The van der Waals surface area contributed by atoms with Crippen molar-refractivity contribution in [3.63, 3.8) is 0 Å². The highest BCUT2D eigenvalue weighted by atomic mass is 15.2. The van der Waals surface area contributed by atoms with Gasteiger partial charge in [-0.1, -0.05) is 41.5 Å². The smallest absolute Gasteiger partial charge is 0.0275 e. The minimum atomic E-state index is 0.465. The summed E-state index contributed by atoms with van der Waals surface area (Å²) in [6, 6.07) is 1.47. The molecule has 5 atom stereocenters. The zero-order valence-corrected chi connectivity index (χ0v) is 15.3. The normalized spacial score (nSPS) is 38.9. The summed E-state index contributed by atoms with van der Waals surface area (Å²) in [5.41, 5.74) is 0.465. The molecular formula is C19H38N2. The van der Waals surface area contributed by atoms with E-state index in [1.807, 2.05) is 0 Å². The van der Waals surface area contributed by atoms with E-state index in [9.17, 15) is 0 Å². The lowest BCUT2D eigenvalue weighted by Gasteiger charge is -2.45. The fourth-order valence-electron chi connectivity index (χ4n) is 4.75. The van der Waals surface area contributed by atoms with Gasteiger partial charge in [-0.05, 0) is 61.9 Å². The topological polar surface area (TPSA) is 15.3 Å². The number of likely N-dealkylation sites (tertiary alicyclic amines) is 1. The molecule has 2 fully saturated rings. The van der Waals surface area contributed by atoms with E-state index in [0.29, 0.717) is 11.5 Å². The van der Waals surface area contributed by atoms with Gasteiger partial charge in [0.25, 0.3) is 0 Å². The van der Waals surface area contributed by atoms with Crippen LogP contribution in [-0.4, -0.2) is 36.6 Å². The van der Waals surface area contributed by atoms with Crippen LogP contribution in [-0.2, 0) is 0 Å². The van der Waals surface area contributed by atoms with Crippen LogP contribution < -0.4 is 5.32 Å². The van der Waals surface area contributed by atoms with E-state index < -0.39 is 0 Å². The number of hydrogen-bond donors (Lipinski definition) is 1. The van der Waals surface area contributed by atoms with Crippen LogP contribution >= 0.6 is 0 Å². The highest BCUT2D eigenvalue weighted by Crippen LogP contribution is 2.39. The lowest BCUT2D eigenvalue weighted by atomic mass is 9.75. The third-order valence-corrected chi connectivity index (χ3v) is 5.95. The summed E-state index contributed by atoms with van der Waals surface area (Å²) in [5.74, 6) is 2.59. The zero-order valence-electron chi connectivity index (χ0n) is 15.3. The van der Waals surface area contributed by atoms with Crippen LogP contribution in [0, 0.1) is 23.2 Å². The minimum Gasteiger partial charge on any atom is -0.312 e. The molecule has 2 heteroatoms. The van der Waals surface area contributed by atoms with Gasteiger partial charge >= 0.3 is 0 Å². The fourth-order valence-corrected chi connectivity index (χ4v) is 4.75. The molecule has 0 spiro atoms. The van der Waals surface area contributed by atoms with E-state index in [4.69, 9.17) is 0 Å². The van der Waals surface area contributed by atoms with Gasteiger partial charge in [0.15, 0.2) is 0 Å². The van der Waals surface area contributed by atoms with Crippen LogP contribution in [0.1, 0.15) is 67.2 Å². The summed E-state index contributed by atoms with van der Waals surface area (Å²) < 4.78 is 0. The lowest BCUT2D eigenvalue weighted by Crippen LogP contribution is -2.56. The molecule has 1 aliphatic carbocycles. The Kier molecular flexibility index (Phi) is 5.76. The van der Waals surface area contributed by atoms with Gasteiger partial charge < -0.3 is 5.32 Å². The molecule has 1 saturated heterocycles. The van der Waals surface area contributed by atoms with Crippen molar-refractivity contribution in [3.8, 4) is 0 Å². The predicted octanol–water partition coefficient (Wildman–Crippen LogP) is 4.16. The Labute approximate surface area is 133 Å². The van der Waals surface area contributed by atoms with Crippen LogP contribution in [0.25, 0.3) is 0 Å². The Morgan fingerprint density at radius 3 is 2.43 bits per heavy atom. The largest absolute Gasteiger partial charge is 0.312 e. The van der Waals surface area contributed by atoms with Crippen molar-refractivity contribution < 1.29 is 0 Å². The summed E-state index contributed by atoms with van der Waals surface area (Å²) in [6.07, 6.45) is 5.41. The summed E-state index contributed by atoms with van der Waals surface area (Å²) >= 11 is 0. The van der Waals surface area contributed by atoms with Gasteiger partial charge in [-0.25, -0.2) is 0 Å². The third kappa shape index (κ3) is 4.22. The van der Waals surface area contributed by atoms with Crippen LogP contribution in [0.4, 0.5) is 0 Å². The monoisotopic (exact) mass is 294 g/mol. The van der Waals surface area contributed by atoms with E-state index in [1.54, 1.807) is 0 Å². The van der Waals surface area contributed by atoms with E-state index in [1.165, 1.54) is 45.3 Å². The molecule has 21 heavy (non-hydrogen) atoms. The Morgan fingerprint density at radius 2 is 1.86 bits per heavy atom. The molecule has 2 nitrogen and oxygen atoms in total. The van der Waals surface area contributed by atoms with Gasteiger partial charge in [-0.2, -0.15) is 0 Å². The van der Waals surface area contributed by atoms with Gasteiger partial charge in [0.2, 0.25) is 0 Å². The number of hydrogen-bond acceptors (Lipinski definition) is 2. The lowest BCUT2D eigenvalue weighted by molar-refractivity contribution is 0.0708. The third-order valence-electron chi connectivity index (χ3n) is 5.95. The van der Waals surface area contributed by atoms with Crippen molar-refractivity contribution in [2.24, 2.45) is 23.2 Å². The van der Waals surface area contributed by atoms with Crippen LogP contribution in [0.5, 0.6) is 0 Å². The van der Waals surface area contributed by atoms with Gasteiger partial charge in [0.05, 0.1) is 0 Å². The van der Waals surface area contributed by atoms with Crippen molar-refractivity contribution in [1.82, 2.24) is 10.2 Å². The Bertz CT molecular complexity index is 320. The fraction of sp³-hybridized carbons (Fsp3) is 1.00. The molecule has 1 N–H and O–H groups in total. The highest BCUT2D eigenvalue weighted by molar-refractivity contribution is 4.97. The first kappa shape index (κ1) is 17.3. The van der Waals surface area contributed by atoms with Gasteiger partial charge in [0.1, 0.15) is 0 Å². The van der Waals surface area contributed by atoms with Gasteiger partial charge in [-0.15, -0.1) is 0 Å². The first-order valence-electron chi connectivity index (χ1n) is 9.30. The molecule has 2 rings (SSSR count). The van der Waals surface area contributed by atoms with Crippen LogP contribution in [0.2, 0.25) is 0 Å². The van der Waals surface area contributed by atoms with Crippen molar-refractivity contribution in [2.45, 2.75) is 79.3 Å². The second kappa shape index (κ2) is 7.00. The van der Waals surface area contributed by atoms with Crippen LogP contribution in [0.15, 0.2) is 0 Å². The Morgan fingerprint density at radius 1 is 1.14 bits per heavy atom. The molecule has 0 aromatic carbocycles. The zero-order chi connectivity index (χ0) is 15.6. The molecule has 1 heterocycles. The Balaban J connectivity index is 2.04. The van der Waals surface area contributed by atoms with Crippen LogP contribution in [0.3, 0.4) is 0 Å². The summed E-state index contributed by atoms with van der Waals surface area (Å²) in [7, 11) is 0. The maximum Gasteiger partial charge on any atom is 0.0275 e. The predicted molar refractivity (Wildman–Crippen MR) is 92.6 cm³/mol. The van der Waals surface area contributed by atoms with E-state index in [-0.39, 0.29) is 0 Å². The summed E-state index contributed by atoms with van der Waals surface area (Å²) in [5, 5.41) is 3.87. The minimum absolute atomic E-state index is 0.465. The second-order valence-electron chi connectivity index (χ2n) is 8.95. The molecule has 1 aliphatic heterocycles. The Hall–Kier alpha value is -0.0800. The standard InChI is InChI=1S/C19H38N2/c1-7-9-20-17-12-14(2)11-15(3)18(17)21-10-8-16(13-21)19(4,5)6/h14-18,20H,7-13H2,1-6H3. The molecule has 1 saturated carbocycles.